The summed E-state index contributed by atoms with van der Waals surface area (Å²) in [5.74, 6) is 0.477. The topological polar surface area (TPSA) is 63.1 Å². The maximum Gasteiger partial charge on any atom is 0.254 e. The van der Waals surface area contributed by atoms with Gasteiger partial charge in [-0.25, -0.2) is 4.98 Å². The van der Waals surface area contributed by atoms with E-state index in [-0.39, 0.29) is 5.91 Å². The quantitative estimate of drug-likeness (QED) is 0.768. The minimum Gasteiger partial charge on any atom is -0.352 e. The Kier molecular flexibility index (Phi) is 4.63. The van der Waals surface area contributed by atoms with E-state index in [9.17, 15) is 4.79 Å². The Morgan fingerprint density at radius 3 is 2.85 bits per heavy atom. The molecule has 1 aliphatic rings. The van der Waals surface area contributed by atoms with Crippen molar-refractivity contribution in [2.75, 3.05) is 24.5 Å². The first-order valence-corrected chi connectivity index (χ1v) is 9.80. The van der Waals surface area contributed by atoms with Crippen LogP contribution < -0.4 is 10.2 Å². The average Bonchev–Trinajstić information content (AvgIpc) is 3.27. The van der Waals surface area contributed by atoms with Crippen molar-refractivity contribution in [1.82, 2.24) is 20.1 Å². The largest absolute Gasteiger partial charge is 0.352 e. The lowest BCUT2D eigenvalue weighted by atomic mass is 9.97. The molecule has 1 amide bonds. The molecule has 2 aromatic heterocycles. The first-order chi connectivity index (χ1) is 12.6. The molecule has 3 aromatic rings. The third-order valence-electron chi connectivity index (χ3n) is 5.00. The lowest BCUT2D eigenvalue weighted by molar-refractivity contribution is 0.0945. The molecule has 136 valence electrons. The van der Waals surface area contributed by atoms with E-state index < -0.39 is 0 Å². The Hall–Kier alpha value is -2.41. The summed E-state index contributed by atoms with van der Waals surface area (Å²) < 4.78 is 2.93. The molecule has 7 heteroatoms. The molecule has 0 bridgehead atoms. The van der Waals surface area contributed by atoms with E-state index in [4.69, 9.17) is 4.98 Å². The number of amides is 1. The zero-order chi connectivity index (χ0) is 18.1. The van der Waals surface area contributed by atoms with Crippen LogP contribution in [0.4, 0.5) is 5.13 Å². The maximum atomic E-state index is 12.1. The van der Waals surface area contributed by atoms with Crippen LogP contribution in [0.3, 0.4) is 0 Å². The molecule has 0 saturated carbocycles. The van der Waals surface area contributed by atoms with Gasteiger partial charge in [0.25, 0.3) is 5.91 Å². The van der Waals surface area contributed by atoms with E-state index in [0.717, 1.165) is 43.1 Å². The third-order valence-corrected chi connectivity index (χ3v) is 6.27. The monoisotopic (exact) mass is 369 g/mol. The van der Waals surface area contributed by atoms with E-state index in [1.165, 1.54) is 10.3 Å². The predicted molar refractivity (Wildman–Crippen MR) is 105 cm³/mol. The van der Waals surface area contributed by atoms with Gasteiger partial charge in [-0.3, -0.25) is 9.48 Å². The summed E-state index contributed by atoms with van der Waals surface area (Å²) in [5, 5.41) is 8.20. The Balaban J connectivity index is 1.32. The minimum atomic E-state index is -0.0397. The molecule has 1 N–H and O–H groups in total. The summed E-state index contributed by atoms with van der Waals surface area (Å²) in [6, 6.07) is 6.29. The van der Waals surface area contributed by atoms with Crippen LogP contribution >= 0.6 is 11.3 Å². The number of fused-ring (bicyclic) bond motifs is 1. The van der Waals surface area contributed by atoms with Crippen molar-refractivity contribution in [3.05, 3.63) is 41.7 Å². The van der Waals surface area contributed by atoms with Crippen LogP contribution in [0.2, 0.25) is 0 Å². The van der Waals surface area contributed by atoms with E-state index in [0.29, 0.717) is 11.5 Å². The van der Waals surface area contributed by atoms with Gasteiger partial charge in [0, 0.05) is 32.9 Å². The fraction of sp³-hybridized carbons (Fsp3) is 0.421. The van der Waals surface area contributed by atoms with Gasteiger partial charge in [-0.1, -0.05) is 23.5 Å². The van der Waals surface area contributed by atoms with Gasteiger partial charge in [0.15, 0.2) is 5.13 Å². The van der Waals surface area contributed by atoms with Crippen molar-refractivity contribution in [3.63, 3.8) is 0 Å². The highest BCUT2D eigenvalue weighted by molar-refractivity contribution is 7.22. The molecule has 0 spiro atoms. The van der Waals surface area contributed by atoms with Gasteiger partial charge in [0.05, 0.1) is 22.0 Å². The van der Waals surface area contributed by atoms with Crippen molar-refractivity contribution >= 4 is 32.6 Å². The molecule has 1 fully saturated rings. The number of thiazole rings is 1. The number of piperidine rings is 1. The Morgan fingerprint density at radius 1 is 1.35 bits per heavy atom. The van der Waals surface area contributed by atoms with Crippen molar-refractivity contribution in [2.45, 2.75) is 19.8 Å². The van der Waals surface area contributed by atoms with Crippen LogP contribution in [0.15, 0.2) is 30.6 Å². The molecule has 0 unspecified atom stereocenters. The lowest BCUT2D eigenvalue weighted by Crippen LogP contribution is -2.38. The van der Waals surface area contributed by atoms with Gasteiger partial charge < -0.3 is 10.2 Å². The molecule has 1 aliphatic heterocycles. The summed E-state index contributed by atoms with van der Waals surface area (Å²) in [6.07, 6.45) is 5.49. The number of carbonyl (C=O) groups is 1. The number of hydrogen-bond donors (Lipinski definition) is 1. The summed E-state index contributed by atoms with van der Waals surface area (Å²) in [5.41, 5.74) is 3.00. The van der Waals surface area contributed by atoms with Crippen molar-refractivity contribution in [1.29, 1.82) is 0 Å². The van der Waals surface area contributed by atoms with Crippen LogP contribution in [0, 0.1) is 12.8 Å². The number of nitrogens with zero attached hydrogens (tertiary/aromatic N) is 4. The molecule has 6 nitrogen and oxygen atoms in total. The second-order valence-corrected chi connectivity index (χ2v) is 7.94. The number of nitrogens with one attached hydrogen (secondary N) is 1. The molecular formula is C19H23N5OS. The standard InChI is InChI=1S/C19H23N5OS/c1-13-4-3-5-16-17(13)26-19(22-16)24-8-6-14(7-9-24)10-20-18(25)15-11-21-23(2)12-15/h3-5,11-12,14H,6-10H2,1-2H3,(H,20,25). The molecule has 26 heavy (non-hydrogen) atoms. The Bertz CT molecular complexity index is 923. The second-order valence-electron chi connectivity index (χ2n) is 6.96. The van der Waals surface area contributed by atoms with Crippen molar-refractivity contribution in [2.24, 2.45) is 13.0 Å². The van der Waals surface area contributed by atoms with Crippen LogP contribution in [0.1, 0.15) is 28.8 Å². The predicted octanol–water partition coefficient (Wildman–Crippen LogP) is 2.98. The fourth-order valence-electron chi connectivity index (χ4n) is 3.42. The summed E-state index contributed by atoms with van der Waals surface area (Å²) in [6.45, 7) is 4.85. The van der Waals surface area contributed by atoms with Crippen LogP contribution in [-0.2, 0) is 7.05 Å². The number of benzene rings is 1. The van der Waals surface area contributed by atoms with Crippen LogP contribution in [-0.4, -0.2) is 40.3 Å². The lowest BCUT2D eigenvalue weighted by Gasteiger charge is -2.31. The van der Waals surface area contributed by atoms with E-state index in [1.807, 2.05) is 7.05 Å². The molecular weight excluding hydrogens is 346 g/mol. The van der Waals surface area contributed by atoms with Gasteiger partial charge in [0.2, 0.25) is 0 Å². The Labute approximate surface area is 156 Å². The molecule has 0 aliphatic carbocycles. The highest BCUT2D eigenvalue weighted by Crippen LogP contribution is 2.33. The number of aryl methyl sites for hydroxylation is 2. The van der Waals surface area contributed by atoms with Gasteiger partial charge in [-0.15, -0.1) is 0 Å². The van der Waals surface area contributed by atoms with E-state index >= 15 is 0 Å². The second kappa shape index (κ2) is 7.07. The highest BCUT2D eigenvalue weighted by atomic mass is 32.1. The van der Waals surface area contributed by atoms with E-state index in [1.54, 1.807) is 28.4 Å². The molecule has 3 heterocycles. The van der Waals surface area contributed by atoms with Gasteiger partial charge >= 0.3 is 0 Å². The van der Waals surface area contributed by atoms with Crippen LogP contribution in [0.25, 0.3) is 10.2 Å². The maximum absolute atomic E-state index is 12.1. The smallest absolute Gasteiger partial charge is 0.254 e. The molecule has 0 radical (unpaired) electrons. The first kappa shape index (κ1) is 17.0. The number of anilines is 1. The third kappa shape index (κ3) is 3.44. The Morgan fingerprint density at radius 2 is 2.15 bits per heavy atom. The van der Waals surface area contributed by atoms with Crippen molar-refractivity contribution < 1.29 is 4.79 Å². The van der Waals surface area contributed by atoms with E-state index in [2.05, 4.69) is 40.4 Å². The molecule has 1 saturated heterocycles. The normalized spacial score (nSPS) is 15.5. The van der Waals surface area contributed by atoms with Gasteiger partial charge in [0.1, 0.15) is 0 Å². The number of rotatable bonds is 4. The van der Waals surface area contributed by atoms with Gasteiger partial charge in [-0.2, -0.15) is 5.10 Å². The highest BCUT2D eigenvalue weighted by Gasteiger charge is 2.22. The molecule has 0 atom stereocenters. The first-order valence-electron chi connectivity index (χ1n) is 8.98. The summed E-state index contributed by atoms with van der Waals surface area (Å²) >= 11 is 1.79. The van der Waals surface area contributed by atoms with Gasteiger partial charge in [-0.05, 0) is 37.3 Å². The fourth-order valence-corrected chi connectivity index (χ4v) is 4.50. The number of carbonyl (C=O) groups excluding carboxylic acids is 1. The zero-order valence-electron chi connectivity index (χ0n) is 15.1. The molecule has 4 rings (SSSR count). The SMILES string of the molecule is Cc1cccc2nc(N3CCC(CNC(=O)c4cnn(C)c4)CC3)sc12. The number of aromatic nitrogens is 3. The average molecular weight is 369 g/mol. The van der Waals surface area contributed by atoms with Crippen molar-refractivity contribution in [3.8, 4) is 0 Å². The molecule has 1 aromatic carbocycles. The summed E-state index contributed by atoms with van der Waals surface area (Å²) in [7, 11) is 1.82. The number of hydrogen-bond acceptors (Lipinski definition) is 5. The summed E-state index contributed by atoms with van der Waals surface area (Å²) in [4.78, 5) is 19.3. The van der Waals surface area contributed by atoms with Crippen LogP contribution in [0.5, 0.6) is 0 Å². The minimum absolute atomic E-state index is 0.0397. The zero-order valence-corrected chi connectivity index (χ0v) is 15.9.